The van der Waals surface area contributed by atoms with Crippen molar-refractivity contribution in [1.29, 1.82) is 0 Å². The molecule has 0 saturated heterocycles. The lowest BCUT2D eigenvalue weighted by atomic mass is 10.1. The fourth-order valence-corrected chi connectivity index (χ4v) is 3.52. The number of esters is 1. The maximum Gasteiger partial charge on any atom is 0.338 e. The number of aryl methyl sites for hydroxylation is 1. The van der Waals surface area contributed by atoms with Crippen molar-refractivity contribution in [1.82, 2.24) is 4.72 Å². The van der Waals surface area contributed by atoms with Crippen LogP contribution in [0.15, 0.2) is 47.4 Å². The number of benzene rings is 2. The number of hydrogen-bond donors (Lipinski definition) is 1. The Hall–Kier alpha value is -2.42. The third kappa shape index (κ3) is 6.05. The van der Waals surface area contributed by atoms with E-state index in [1.165, 1.54) is 6.07 Å². The van der Waals surface area contributed by atoms with E-state index in [-0.39, 0.29) is 11.4 Å². The molecule has 0 radical (unpaired) electrons. The van der Waals surface area contributed by atoms with Gasteiger partial charge in [-0.3, -0.25) is 0 Å². The van der Waals surface area contributed by atoms with E-state index < -0.39 is 16.0 Å². The Morgan fingerprint density at radius 3 is 2.39 bits per heavy atom. The summed E-state index contributed by atoms with van der Waals surface area (Å²) < 4.78 is 43.0. The van der Waals surface area contributed by atoms with E-state index in [0.29, 0.717) is 31.1 Å². The van der Waals surface area contributed by atoms with Crippen LogP contribution in [0.2, 0.25) is 0 Å². The molecule has 0 aliphatic rings. The van der Waals surface area contributed by atoms with Gasteiger partial charge in [-0.15, -0.1) is 0 Å². The molecule has 0 unspecified atom stereocenters. The molecular weight excluding hydrogens is 382 g/mol. The molecule has 2 aromatic rings. The summed E-state index contributed by atoms with van der Waals surface area (Å²) >= 11 is 0. The SMILES string of the molecule is CCOC(=O)c1ccc(CNS(=O)(=O)c2ccc(OCCOC)c(C)c2)cc1. The Balaban J connectivity index is 2.01. The van der Waals surface area contributed by atoms with Crippen molar-refractivity contribution < 1.29 is 27.4 Å². The fourth-order valence-electron chi connectivity index (χ4n) is 2.42. The fraction of sp³-hybridized carbons (Fsp3) is 0.350. The van der Waals surface area contributed by atoms with E-state index >= 15 is 0 Å². The number of nitrogens with one attached hydrogen (secondary N) is 1. The van der Waals surface area contributed by atoms with Crippen molar-refractivity contribution >= 4 is 16.0 Å². The molecule has 0 atom stereocenters. The summed E-state index contributed by atoms with van der Waals surface area (Å²) in [6.07, 6.45) is 0. The van der Waals surface area contributed by atoms with Gasteiger partial charge in [0.25, 0.3) is 0 Å². The monoisotopic (exact) mass is 407 g/mol. The van der Waals surface area contributed by atoms with Crippen molar-refractivity contribution in [3.05, 3.63) is 59.2 Å². The number of carbonyl (C=O) groups excluding carboxylic acids is 1. The largest absolute Gasteiger partial charge is 0.491 e. The number of methoxy groups -OCH3 is 1. The van der Waals surface area contributed by atoms with E-state index in [1.54, 1.807) is 57.4 Å². The Labute approximate surface area is 165 Å². The zero-order chi connectivity index (χ0) is 20.6. The minimum Gasteiger partial charge on any atom is -0.491 e. The Bertz CT molecular complexity index is 893. The Morgan fingerprint density at radius 2 is 1.79 bits per heavy atom. The summed E-state index contributed by atoms with van der Waals surface area (Å²) in [6.45, 7) is 4.78. The van der Waals surface area contributed by atoms with Gasteiger partial charge < -0.3 is 14.2 Å². The molecule has 2 aromatic carbocycles. The molecule has 0 saturated carbocycles. The van der Waals surface area contributed by atoms with E-state index in [1.807, 2.05) is 0 Å². The van der Waals surface area contributed by atoms with Crippen LogP contribution < -0.4 is 9.46 Å². The maximum atomic E-state index is 12.5. The predicted octanol–water partition coefficient (Wildman–Crippen LogP) is 2.68. The lowest BCUT2D eigenvalue weighted by Gasteiger charge is -2.12. The molecule has 8 heteroatoms. The van der Waals surface area contributed by atoms with Crippen LogP contribution in [0.3, 0.4) is 0 Å². The van der Waals surface area contributed by atoms with Crippen LogP contribution in [0, 0.1) is 6.92 Å². The van der Waals surface area contributed by atoms with Gasteiger partial charge >= 0.3 is 5.97 Å². The van der Waals surface area contributed by atoms with Crippen molar-refractivity contribution in [2.75, 3.05) is 26.9 Å². The molecule has 0 aliphatic heterocycles. The predicted molar refractivity (Wildman–Crippen MR) is 105 cm³/mol. The number of ether oxygens (including phenoxy) is 3. The van der Waals surface area contributed by atoms with Crippen LogP contribution in [0.1, 0.15) is 28.4 Å². The summed E-state index contributed by atoms with van der Waals surface area (Å²) in [7, 11) is -2.09. The smallest absolute Gasteiger partial charge is 0.338 e. The first-order valence-corrected chi connectivity index (χ1v) is 10.3. The molecule has 7 nitrogen and oxygen atoms in total. The average Bonchev–Trinajstić information content (AvgIpc) is 2.68. The third-order valence-corrected chi connectivity index (χ3v) is 5.33. The number of rotatable bonds is 10. The third-order valence-electron chi connectivity index (χ3n) is 3.93. The number of hydrogen-bond acceptors (Lipinski definition) is 6. The Morgan fingerprint density at radius 1 is 1.07 bits per heavy atom. The highest BCUT2D eigenvalue weighted by Crippen LogP contribution is 2.22. The summed E-state index contributed by atoms with van der Waals surface area (Å²) in [6, 6.07) is 11.3. The van der Waals surface area contributed by atoms with Gasteiger partial charge in [0.2, 0.25) is 10.0 Å². The van der Waals surface area contributed by atoms with Crippen molar-refractivity contribution in [3.8, 4) is 5.75 Å². The standard InChI is InChI=1S/C20H25NO6S/c1-4-26-20(22)17-7-5-16(6-8-17)14-21-28(23,24)18-9-10-19(15(2)13-18)27-12-11-25-3/h5-10,13,21H,4,11-12,14H2,1-3H3. The zero-order valence-corrected chi connectivity index (χ0v) is 17.0. The van der Waals surface area contributed by atoms with Gasteiger partial charge in [0.15, 0.2) is 0 Å². The van der Waals surface area contributed by atoms with Gasteiger partial charge in [-0.25, -0.2) is 17.9 Å². The van der Waals surface area contributed by atoms with E-state index in [2.05, 4.69) is 4.72 Å². The second-order valence-electron chi connectivity index (χ2n) is 6.01. The second-order valence-corrected chi connectivity index (χ2v) is 7.78. The molecule has 1 N–H and O–H groups in total. The first-order chi connectivity index (χ1) is 13.4. The van der Waals surface area contributed by atoms with Crippen LogP contribution in [0.5, 0.6) is 5.75 Å². The molecule has 2 rings (SSSR count). The van der Waals surface area contributed by atoms with Crippen molar-refractivity contribution in [2.45, 2.75) is 25.3 Å². The Kier molecular flexibility index (Phi) is 7.98. The van der Waals surface area contributed by atoms with Crippen LogP contribution in [0.25, 0.3) is 0 Å². The van der Waals surface area contributed by atoms with Gasteiger partial charge in [0, 0.05) is 13.7 Å². The quantitative estimate of drug-likeness (QED) is 0.481. The highest BCUT2D eigenvalue weighted by atomic mass is 32.2. The molecular formula is C20H25NO6S. The minimum absolute atomic E-state index is 0.108. The molecule has 0 aromatic heterocycles. The van der Waals surface area contributed by atoms with E-state index in [9.17, 15) is 13.2 Å². The highest BCUT2D eigenvalue weighted by Gasteiger charge is 2.15. The molecule has 0 heterocycles. The summed E-state index contributed by atoms with van der Waals surface area (Å²) in [5, 5.41) is 0. The van der Waals surface area contributed by atoms with Gasteiger partial charge in [-0.1, -0.05) is 12.1 Å². The molecule has 0 amide bonds. The van der Waals surface area contributed by atoms with E-state index in [4.69, 9.17) is 14.2 Å². The van der Waals surface area contributed by atoms with Gasteiger partial charge in [0.1, 0.15) is 12.4 Å². The van der Waals surface area contributed by atoms with E-state index in [0.717, 1.165) is 11.1 Å². The van der Waals surface area contributed by atoms with Gasteiger partial charge in [-0.2, -0.15) is 0 Å². The molecule has 0 bridgehead atoms. The maximum absolute atomic E-state index is 12.5. The average molecular weight is 407 g/mol. The summed E-state index contributed by atoms with van der Waals surface area (Å²) in [5.41, 5.74) is 1.87. The lowest BCUT2D eigenvalue weighted by molar-refractivity contribution is 0.0526. The summed E-state index contributed by atoms with van der Waals surface area (Å²) in [5.74, 6) is 0.212. The molecule has 152 valence electrons. The van der Waals surface area contributed by atoms with Crippen LogP contribution in [-0.2, 0) is 26.0 Å². The van der Waals surface area contributed by atoms with Crippen molar-refractivity contribution in [2.24, 2.45) is 0 Å². The molecule has 28 heavy (non-hydrogen) atoms. The highest BCUT2D eigenvalue weighted by molar-refractivity contribution is 7.89. The first-order valence-electron chi connectivity index (χ1n) is 8.85. The molecule has 0 spiro atoms. The summed E-state index contributed by atoms with van der Waals surface area (Å²) in [4.78, 5) is 11.8. The normalized spacial score (nSPS) is 11.2. The van der Waals surface area contributed by atoms with Crippen molar-refractivity contribution in [3.63, 3.8) is 0 Å². The lowest BCUT2D eigenvalue weighted by Crippen LogP contribution is -2.23. The van der Waals surface area contributed by atoms with Crippen LogP contribution in [0.4, 0.5) is 0 Å². The number of sulfonamides is 1. The van der Waals surface area contributed by atoms with Gasteiger partial charge in [0.05, 0.1) is 23.7 Å². The van der Waals surface area contributed by atoms with Crippen LogP contribution in [-0.4, -0.2) is 41.3 Å². The second kappa shape index (κ2) is 10.2. The van der Waals surface area contributed by atoms with Gasteiger partial charge in [-0.05, 0) is 55.3 Å². The minimum atomic E-state index is -3.68. The molecule has 0 fully saturated rings. The molecule has 0 aliphatic carbocycles. The van der Waals surface area contributed by atoms with Crippen LogP contribution >= 0.6 is 0 Å². The number of carbonyl (C=O) groups is 1. The topological polar surface area (TPSA) is 90.9 Å². The zero-order valence-electron chi connectivity index (χ0n) is 16.2. The first kappa shape index (κ1) is 21.9.